The van der Waals surface area contributed by atoms with Gasteiger partial charge in [0.25, 0.3) is 0 Å². The minimum absolute atomic E-state index is 0.207. The number of ether oxygens (including phenoxy) is 1. The van der Waals surface area contributed by atoms with E-state index in [4.69, 9.17) is 4.74 Å². The van der Waals surface area contributed by atoms with Gasteiger partial charge in [-0.25, -0.2) is 0 Å². The molecule has 2 aromatic rings. The second kappa shape index (κ2) is 7.29. The van der Waals surface area contributed by atoms with Crippen molar-refractivity contribution in [3.63, 3.8) is 0 Å². The van der Waals surface area contributed by atoms with E-state index in [0.717, 1.165) is 11.1 Å². The molecule has 1 unspecified atom stereocenters. The van der Waals surface area contributed by atoms with Gasteiger partial charge in [0.15, 0.2) is 0 Å². The zero-order valence-corrected chi connectivity index (χ0v) is 11.5. The number of carbonyl (C=O) groups is 1. The molecule has 1 atom stereocenters. The molecule has 20 heavy (non-hydrogen) atoms. The second-order valence-electron chi connectivity index (χ2n) is 4.59. The van der Waals surface area contributed by atoms with E-state index >= 15 is 0 Å². The van der Waals surface area contributed by atoms with Crippen molar-refractivity contribution < 1.29 is 9.53 Å². The molecule has 0 aliphatic carbocycles. The molecule has 0 saturated carbocycles. The predicted octanol–water partition coefficient (Wildman–Crippen LogP) is 3.73. The fourth-order valence-corrected chi connectivity index (χ4v) is 2.04. The number of hydrogen-bond donors (Lipinski definition) is 0. The van der Waals surface area contributed by atoms with E-state index in [2.05, 4.69) is 0 Å². The smallest absolute Gasteiger partial charge is 0.312 e. The molecule has 2 rings (SSSR count). The molecule has 0 saturated heterocycles. The molecule has 0 aromatic heterocycles. The minimum Gasteiger partial charge on any atom is -0.469 e. The molecule has 0 bridgehead atoms. The SMILES string of the molecule is COC(=O)C(/C=C\c1ccccc1)Cc1ccccc1. The first-order valence-corrected chi connectivity index (χ1v) is 6.64. The summed E-state index contributed by atoms with van der Waals surface area (Å²) < 4.78 is 4.88. The number of carbonyl (C=O) groups excluding carboxylic acids is 1. The lowest BCUT2D eigenvalue weighted by Crippen LogP contribution is -2.16. The van der Waals surface area contributed by atoms with Gasteiger partial charge in [-0.05, 0) is 17.5 Å². The van der Waals surface area contributed by atoms with Crippen molar-refractivity contribution in [2.75, 3.05) is 7.11 Å². The Hall–Kier alpha value is -2.35. The first-order chi connectivity index (χ1) is 9.79. The van der Waals surface area contributed by atoms with Crippen LogP contribution < -0.4 is 0 Å². The summed E-state index contributed by atoms with van der Waals surface area (Å²) in [6.07, 6.45) is 4.52. The standard InChI is InChI=1S/C18H18O2/c1-20-18(19)17(14-16-10-6-3-7-11-16)13-12-15-8-4-2-5-9-15/h2-13,17H,14H2,1H3/b13-12-. The lowest BCUT2D eigenvalue weighted by atomic mass is 9.98. The molecule has 2 aromatic carbocycles. The number of rotatable bonds is 5. The Balaban J connectivity index is 2.12. The molecule has 102 valence electrons. The van der Waals surface area contributed by atoms with Gasteiger partial charge in [-0.2, -0.15) is 0 Å². The van der Waals surface area contributed by atoms with Crippen LogP contribution >= 0.6 is 0 Å². The van der Waals surface area contributed by atoms with Crippen LogP contribution in [-0.2, 0) is 16.0 Å². The van der Waals surface area contributed by atoms with Gasteiger partial charge in [0.2, 0.25) is 0 Å². The third-order valence-electron chi connectivity index (χ3n) is 3.12. The lowest BCUT2D eigenvalue weighted by molar-refractivity contribution is -0.143. The molecule has 0 N–H and O–H groups in total. The van der Waals surface area contributed by atoms with E-state index in [1.54, 1.807) is 0 Å². The predicted molar refractivity (Wildman–Crippen MR) is 81.1 cm³/mol. The van der Waals surface area contributed by atoms with E-state index in [-0.39, 0.29) is 11.9 Å². The molecular formula is C18H18O2. The van der Waals surface area contributed by atoms with E-state index in [1.165, 1.54) is 7.11 Å². The maximum atomic E-state index is 11.9. The summed E-state index contributed by atoms with van der Waals surface area (Å²) in [5.41, 5.74) is 2.20. The summed E-state index contributed by atoms with van der Waals surface area (Å²) in [7, 11) is 1.43. The summed E-state index contributed by atoms with van der Waals surface area (Å²) in [6.45, 7) is 0. The van der Waals surface area contributed by atoms with Crippen molar-refractivity contribution in [2.24, 2.45) is 5.92 Å². The number of hydrogen-bond acceptors (Lipinski definition) is 2. The average Bonchev–Trinajstić information content (AvgIpc) is 2.52. The van der Waals surface area contributed by atoms with Gasteiger partial charge in [0, 0.05) is 0 Å². The summed E-state index contributed by atoms with van der Waals surface area (Å²) >= 11 is 0. The highest BCUT2D eigenvalue weighted by molar-refractivity contribution is 5.76. The van der Waals surface area contributed by atoms with Gasteiger partial charge in [0.05, 0.1) is 13.0 Å². The van der Waals surface area contributed by atoms with Crippen molar-refractivity contribution in [2.45, 2.75) is 6.42 Å². The van der Waals surface area contributed by atoms with Crippen molar-refractivity contribution in [3.8, 4) is 0 Å². The molecule has 0 fully saturated rings. The van der Waals surface area contributed by atoms with E-state index in [0.29, 0.717) is 6.42 Å². The van der Waals surface area contributed by atoms with Crippen LogP contribution in [0.1, 0.15) is 11.1 Å². The fourth-order valence-electron chi connectivity index (χ4n) is 2.04. The highest BCUT2D eigenvalue weighted by Crippen LogP contribution is 2.14. The summed E-state index contributed by atoms with van der Waals surface area (Å²) in [5.74, 6) is -0.469. The fraction of sp³-hybridized carbons (Fsp3) is 0.167. The topological polar surface area (TPSA) is 26.3 Å². The van der Waals surface area contributed by atoms with Gasteiger partial charge < -0.3 is 4.74 Å². The van der Waals surface area contributed by atoms with Crippen LogP contribution in [0.15, 0.2) is 66.7 Å². The van der Waals surface area contributed by atoms with Crippen molar-refractivity contribution in [1.29, 1.82) is 0 Å². The van der Waals surface area contributed by atoms with Crippen LogP contribution in [0, 0.1) is 5.92 Å². The monoisotopic (exact) mass is 266 g/mol. The van der Waals surface area contributed by atoms with E-state index < -0.39 is 0 Å². The molecule has 2 nitrogen and oxygen atoms in total. The van der Waals surface area contributed by atoms with Crippen LogP contribution in [0.25, 0.3) is 6.08 Å². The largest absolute Gasteiger partial charge is 0.469 e. The van der Waals surface area contributed by atoms with Gasteiger partial charge in [-0.3, -0.25) is 4.79 Å². The van der Waals surface area contributed by atoms with E-state index in [1.807, 2.05) is 72.8 Å². The Labute approximate surface area is 119 Å². The van der Waals surface area contributed by atoms with Crippen molar-refractivity contribution in [1.82, 2.24) is 0 Å². The van der Waals surface area contributed by atoms with Crippen LogP contribution in [0.3, 0.4) is 0 Å². The quantitative estimate of drug-likeness (QED) is 0.771. The maximum absolute atomic E-state index is 11.9. The Morgan fingerprint density at radius 1 is 1.05 bits per heavy atom. The first kappa shape index (κ1) is 14.1. The zero-order valence-electron chi connectivity index (χ0n) is 11.5. The number of methoxy groups -OCH3 is 1. The van der Waals surface area contributed by atoms with Crippen LogP contribution in [0.5, 0.6) is 0 Å². The molecule has 0 heterocycles. The first-order valence-electron chi connectivity index (χ1n) is 6.64. The number of esters is 1. The van der Waals surface area contributed by atoms with Crippen LogP contribution in [-0.4, -0.2) is 13.1 Å². The molecule has 0 spiro atoms. The van der Waals surface area contributed by atoms with E-state index in [9.17, 15) is 4.79 Å². The summed E-state index contributed by atoms with van der Waals surface area (Å²) in [6, 6.07) is 19.9. The van der Waals surface area contributed by atoms with Gasteiger partial charge in [-0.1, -0.05) is 72.8 Å². The van der Waals surface area contributed by atoms with Crippen molar-refractivity contribution in [3.05, 3.63) is 77.9 Å². The molecular weight excluding hydrogens is 248 g/mol. The number of benzene rings is 2. The molecule has 0 aliphatic heterocycles. The van der Waals surface area contributed by atoms with Gasteiger partial charge in [0.1, 0.15) is 0 Å². The average molecular weight is 266 g/mol. The van der Waals surface area contributed by atoms with Gasteiger partial charge in [-0.15, -0.1) is 0 Å². The Bertz CT molecular complexity index is 558. The zero-order chi connectivity index (χ0) is 14.2. The highest BCUT2D eigenvalue weighted by Gasteiger charge is 2.16. The summed E-state index contributed by atoms with van der Waals surface area (Å²) in [5, 5.41) is 0. The Kier molecular flexibility index (Phi) is 5.13. The molecule has 2 heteroatoms. The molecule has 0 amide bonds. The highest BCUT2D eigenvalue weighted by atomic mass is 16.5. The Morgan fingerprint density at radius 3 is 2.25 bits per heavy atom. The normalized spacial score (nSPS) is 12.2. The third-order valence-corrected chi connectivity index (χ3v) is 3.12. The third kappa shape index (κ3) is 4.09. The van der Waals surface area contributed by atoms with Crippen LogP contribution in [0.2, 0.25) is 0 Å². The van der Waals surface area contributed by atoms with Crippen molar-refractivity contribution >= 4 is 12.0 Å². The maximum Gasteiger partial charge on any atom is 0.312 e. The molecule has 0 radical (unpaired) electrons. The lowest BCUT2D eigenvalue weighted by Gasteiger charge is -2.10. The second-order valence-corrected chi connectivity index (χ2v) is 4.59. The van der Waals surface area contributed by atoms with Gasteiger partial charge >= 0.3 is 5.97 Å². The molecule has 0 aliphatic rings. The minimum atomic E-state index is -0.261. The van der Waals surface area contributed by atoms with Crippen LogP contribution in [0.4, 0.5) is 0 Å². The summed E-state index contributed by atoms with van der Waals surface area (Å²) in [4.78, 5) is 11.9. The Morgan fingerprint density at radius 2 is 1.65 bits per heavy atom.